The highest BCUT2D eigenvalue weighted by Crippen LogP contribution is 2.30. The largest absolute Gasteiger partial charge is 0.493 e. The van der Waals surface area contributed by atoms with E-state index in [2.05, 4.69) is 5.32 Å². The molecule has 1 fully saturated rings. The van der Waals surface area contributed by atoms with Gasteiger partial charge >= 0.3 is 0 Å². The Labute approximate surface area is 150 Å². The maximum atomic E-state index is 13.2. The van der Waals surface area contributed by atoms with Crippen LogP contribution in [-0.2, 0) is 4.79 Å². The van der Waals surface area contributed by atoms with E-state index in [1.54, 1.807) is 18.2 Å². The van der Waals surface area contributed by atoms with Gasteiger partial charge in [-0.3, -0.25) is 9.59 Å². The molecule has 1 atom stereocenters. The number of halogens is 1. The molecule has 0 aromatic heterocycles. The topological polar surface area (TPSA) is 67.9 Å². The smallest absolute Gasteiger partial charge is 0.255 e. The number of nitrogens with one attached hydrogen (secondary N) is 1. The number of piperazine rings is 1. The Hall–Kier alpha value is -3.09. The van der Waals surface area contributed by atoms with Gasteiger partial charge in [0.15, 0.2) is 11.5 Å². The summed E-state index contributed by atoms with van der Waals surface area (Å²) >= 11 is 0. The standard InChI is InChI=1S/C19H19FN2O4/c1-25-15-8-5-13(11-16(15)26-2)19(24)22-10-9-21-18(23)17(22)12-3-6-14(20)7-4-12/h3-8,11,17H,9-10H2,1-2H3,(H,21,23). The Kier molecular flexibility index (Phi) is 5.06. The van der Waals surface area contributed by atoms with Gasteiger partial charge in [-0.2, -0.15) is 0 Å². The number of hydrogen-bond donors (Lipinski definition) is 1. The summed E-state index contributed by atoms with van der Waals surface area (Å²) in [5.74, 6) is -0.0665. The Morgan fingerprint density at radius 2 is 1.81 bits per heavy atom. The van der Waals surface area contributed by atoms with Gasteiger partial charge in [0.05, 0.1) is 14.2 Å². The maximum Gasteiger partial charge on any atom is 0.255 e. The number of nitrogens with zero attached hydrogens (tertiary/aromatic N) is 1. The van der Waals surface area contributed by atoms with Crippen LogP contribution in [0.2, 0.25) is 0 Å². The Bertz CT molecular complexity index is 823. The summed E-state index contributed by atoms with van der Waals surface area (Å²) in [6.07, 6.45) is 0. The summed E-state index contributed by atoms with van der Waals surface area (Å²) in [6, 6.07) is 9.60. The number of benzene rings is 2. The van der Waals surface area contributed by atoms with Crippen LogP contribution in [0.4, 0.5) is 4.39 Å². The van der Waals surface area contributed by atoms with E-state index in [4.69, 9.17) is 9.47 Å². The minimum Gasteiger partial charge on any atom is -0.493 e. The molecule has 1 saturated heterocycles. The normalized spacial score (nSPS) is 16.8. The van der Waals surface area contributed by atoms with E-state index in [0.29, 0.717) is 35.7 Å². The summed E-state index contributed by atoms with van der Waals surface area (Å²) < 4.78 is 23.6. The third-order valence-corrected chi connectivity index (χ3v) is 4.29. The third-order valence-electron chi connectivity index (χ3n) is 4.29. The van der Waals surface area contributed by atoms with Gasteiger partial charge in [-0.25, -0.2) is 4.39 Å². The van der Waals surface area contributed by atoms with Crippen LogP contribution < -0.4 is 14.8 Å². The number of carbonyl (C=O) groups excluding carboxylic acids is 2. The molecule has 26 heavy (non-hydrogen) atoms. The minimum absolute atomic E-state index is 0.295. The maximum absolute atomic E-state index is 13.2. The van der Waals surface area contributed by atoms with Gasteiger partial charge in [0.2, 0.25) is 5.91 Å². The van der Waals surface area contributed by atoms with Crippen molar-refractivity contribution in [2.45, 2.75) is 6.04 Å². The first-order valence-corrected chi connectivity index (χ1v) is 8.11. The highest BCUT2D eigenvalue weighted by Gasteiger charge is 2.35. The zero-order chi connectivity index (χ0) is 18.7. The molecule has 2 aromatic carbocycles. The van der Waals surface area contributed by atoms with Gasteiger partial charge in [-0.1, -0.05) is 12.1 Å². The van der Waals surface area contributed by atoms with Gasteiger partial charge < -0.3 is 19.7 Å². The molecule has 7 heteroatoms. The molecule has 1 heterocycles. The zero-order valence-corrected chi connectivity index (χ0v) is 14.5. The molecular formula is C19H19FN2O4. The summed E-state index contributed by atoms with van der Waals surface area (Å²) in [5, 5.41) is 2.75. The quantitative estimate of drug-likeness (QED) is 0.909. The summed E-state index contributed by atoms with van der Waals surface area (Å²) in [4.78, 5) is 26.9. The van der Waals surface area contributed by atoms with Crippen LogP contribution >= 0.6 is 0 Å². The van der Waals surface area contributed by atoms with E-state index in [1.807, 2.05) is 0 Å². The van der Waals surface area contributed by atoms with Gasteiger partial charge in [-0.05, 0) is 35.9 Å². The molecule has 136 valence electrons. The molecule has 3 rings (SSSR count). The first kappa shape index (κ1) is 17.7. The predicted octanol–water partition coefficient (Wildman–Crippen LogP) is 2.16. The molecule has 0 saturated carbocycles. The number of ether oxygens (including phenoxy) is 2. The molecule has 2 amide bonds. The molecule has 0 bridgehead atoms. The number of carbonyl (C=O) groups is 2. The molecule has 1 N–H and O–H groups in total. The molecule has 0 radical (unpaired) electrons. The van der Waals surface area contributed by atoms with Crippen molar-refractivity contribution in [2.24, 2.45) is 0 Å². The van der Waals surface area contributed by atoms with Crippen LogP contribution in [-0.4, -0.2) is 44.0 Å². The van der Waals surface area contributed by atoms with E-state index < -0.39 is 11.9 Å². The van der Waals surface area contributed by atoms with Crippen LogP contribution in [0.15, 0.2) is 42.5 Å². The highest BCUT2D eigenvalue weighted by atomic mass is 19.1. The number of methoxy groups -OCH3 is 2. The lowest BCUT2D eigenvalue weighted by atomic mass is 10.0. The Morgan fingerprint density at radius 1 is 1.12 bits per heavy atom. The number of rotatable bonds is 4. The summed E-state index contributed by atoms with van der Waals surface area (Å²) in [6.45, 7) is 0.705. The first-order chi connectivity index (χ1) is 12.5. The number of amides is 2. The highest BCUT2D eigenvalue weighted by molar-refractivity contribution is 5.99. The van der Waals surface area contributed by atoms with Crippen molar-refractivity contribution in [1.29, 1.82) is 0 Å². The zero-order valence-electron chi connectivity index (χ0n) is 14.5. The molecule has 0 aliphatic carbocycles. The van der Waals surface area contributed by atoms with E-state index in [1.165, 1.54) is 43.4 Å². The average molecular weight is 358 g/mol. The van der Waals surface area contributed by atoms with Crippen molar-refractivity contribution < 1.29 is 23.5 Å². The van der Waals surface area contributed by atoms with Gasteiger partial charge in [0.1, 0.15) is 11.9 Å². The Balaban J connectivity index is 1.95. The number of hydrogen-bond acceptors (Lipinski definition) is 4. The van der Waals surface area contributed by atoms with Crippen molar-refractivity contribution in [2.75, 3.05) is 27.3 Å². The van der Waals surface area contributed by atoms with Crippen molar-refractivity contribution in [1.82, 2.24) is 10.2 Å². The summed E-state index contributed by atoms with van der Waals surface area (Å²) in [7, 11) is 3.00. The van der Waals surface area contributed by atoms with Crippen LogP contribution in [0.5, 0.6) is 11.5 Å². The molecular weight excluding hydrogens is 339 g/mol. The first-order valence-electron chi connectivity index (χ1n) is 8.11. The minimum atomic E-state index is -0.815. The second kappa shape index (κ2) is 7.43. The van der Waals surface area contributed by atoms with E-state index in [-0.39, 0.29) is 11.8 Å². The van der Waals surface area contributed by atoms with E-state index in [9.17, 15) is 14.0 Å². The van der Waals surface area contributed by atoms with Crippen LogP contribution in [0.3, 0.4) is 0 Å². The van der Waals surface area contributed by atoms with E-state index >= 15 is 0 Å². The van der Waals surface area contributed by atoms with E-state index in [0.717, 1.165) is 0 Å². The van der Waals surface area contributed by atoms with Crippen molar-refractivity contribution in [3.63, 3.8) is 0 Å². The second-order valence-corrected chi connectivity index (χ2v) is 5.81. The predicted molar refractivity (Wildman–Crippen MR) is 92.7 cm³/mol. The summed E-state index contributed by atoms with van der Waals surface area (Å²) in [5.41, 5.74) is 0.932. The van der Waals surface area contributed by atoms with Crippen molar-refractivity contribution in [3.8, 4) is 11.5 Å². The Morgan fingerprint density at radius 3 is 2.46 bits per heavy atom. The van der Waals surface area contributed by atoms with Gasteiger partial charge in [0, 0.05) is 18.7 Å². The van der Waals surface area contributed by atoms with Crippen molar-refractivity contribution >= 4 is 11.8 Å². The molecule has 6 nitrogen and oxygen atoms in total. The van der Waals surface area contributed by atoms with Gasteiger partial charge in [0.25, 0.3) is 5.91 Å². The molecule has 1 aliphatic rings. The second-order valence-electron chi connectivity index (χ2n) is 5.81. The SMILES string of the molecule is COc1ccc(C(=O)N2CCNC(=O)C2c2ccc(F)cc2)cc1OC. The van der Waals surface area contributed by atoms with Crippen molar-refractivity contribution in [3.05, 3.63) is 59.4 Å². The lowest BCUT2D eigenvalue weighted by Crippen LogP contribution is -2.52. The third kappa shape index (κ3) is 3.33. The lowest BCUT2D eigenvalue weighted by molar-refractivity contribution is -0.128. The molecule has 0 spiro atoms. The monoisotopic (exact) mass is 358 g/mol. The van der Waals surface area contributed by atoms with Crippen LogP contribution in [0.25, 0.3) is 0 Å². The fourth-order valence-electron chi connectivity index (χ4n) is 3.00. The van der Waals surface area contributed by atoms with Crippen LogP contribution in [0, 0.1) is 5.82 Å². The lowest BCUT2D eigenvalue weighted by Gasteiger charge is -2.35. The average Bonchev–Trinajstić information content (AvgIpc) is 2.67. The molecule has 1 aliphatic heterocycles. The van der Waals surface area contributed by atoms with Gasteiger partial charge in [-0.15, -0.1) is 0 Å². The van der Waals surface area contributed by atoms with Crippen LogP contribution in [0.1, 0.15) is 22.0 Å². The fraction of sp³-hybridized carbons (Fsp3) is 0.263. The molecule has 1 unspecified atom stereocenters. The fourth-order valence-corrected chi connectivity index (χ4v) is 3.00. The molecule has 2 aromatic rings.